The lowest BCUT2D eigenvalue weighted by atomic mass is 10.1. The van der Waals surface area contributed by atoms with Crippen molar-refractivity contribution in [2.75, 3.05) is 6.54 Å². The smallest absolute Gasteiger partial charge is 0.220 e. The number of carbonyl (C=O) groups excluding carboxylic acids is 1. The van der Waals surface area contributed by atoms with E-state index in [0.717, 1.165) is 6.42 Å². The molecule has 68 valence electrons. The van der Waals surface area contributed by atoms with Crippen LogP contribution in [-0.4, -0.2) is 12.5 Å². The average molecular weight is 167 g/mol. The Hall–Kier alpha value is -0.970. The van der Waals surface area contributed by atoms with E-state index in [4.69, 9.17) is 6.42 Å². The number of hydrogen-bond acceptors (Lipinski definition) is 1. The molecule has 1 N–H and O–H groups in total. The van der Waals surface area contributed by atoms with Gasteiger partial charge in [0.1, 0.15) is 0 Å². The molecule has 1 unspecified atom stereocenters. The van der Waals surface area contributed by atoms with Crippen LogP contribution in [-0.2, 0) is 4.79 Å². The molecule has 0 rings (SSSR count). The van der Waals surface area contributed by atoms with Crippen molar-refractivity contribution >= 4 is 5.91 Å². The summed E-state index contributed by atoms with van der Waals surface area (Å²) in [6, 6.07) is 0. The number of amides is 1. The summed E-state index contributed by atoms with van der Waals surface area (Å²) in [5, 5.41) is 2.77. The normalized spacial score (nSPS) is 11.8. The number of carbonyl (C=O) groups is 1. The van der Waals surface area contributed by atoms with Gasteiger partial charge in [0.15, 0.2) is 0 Å². The van der Waals surface area contributed by atoms with Crippen LogP contribution < -0.4 is 5.32 Å². The maximum absolute atomic E-state index is 11.1. The number of hydrogen-bond donors (Lipinski definition) is 1. The van der Waals surface area contributed by atoms with Crippen molar-refractivity contribution in [3.05, 3.63) is 0 Å². The highest BCUT2D eigenvalue weighted by Crippen LogP contribution is 2.05. The molecular weight excluding hydrogens is 150 g/mol. The third-order valence-electron chi connectivity index (χ3n) is 1.82. The Balaban J connectivity index is 3.41. The van der Waals surface area contributed by atoms with Gasteiger partial charge in [0, 0.05) is 19.4 Å². The lowest BCUT2D eigenvalue weighted by Crippen LogP contribution is -2.25. The number of nitrogens with one attached hydrogen (secondary N) is 1. The quantitative estimate of drug-likeness (QED) is 0.488. The van der Waals surface area contributed by atoms with E-state index in [0.29, 0.717) is 25.3 Å². The first kappa shape index (κ1) is 11.0. The second-order valence-corrected chi connectivity index (χ2v) is 3.02. The van der Waals surface area contributed by atoms with E-state index in [2.05, 4.69) is 25.1 Å². The molecule has 12 heavy (non-hydrogen) atoms. The lowest BCUT2D eigenvalue weighted by Gasteiger charge is -2.07. The molecule has 0 aliphatic carbocycles. The van der Waals surface area contributed by atoms with Gasteiger partial charge in [-0.25, -0.2) is 0 Å². The highest BCUT2D eigenvalue weighted by atomic mass is 16.1. The summed E-state index contributed by atoms with van der Waals surface area (Å²) in [5.74, 6) is 3.05. The molecule has 0 fully saturated rings. The molecule has 0 aliphatic heterocycles. The Kier molecular flexibility index (Phi) is 6.18. The van der Waals surface area contributed by atoms with Gasteiger partial charge in [-0.3, -0.25) is 4.79 Å². The van der Waals surface area contributed by atoms with Crippen molar-refractivity contribution in [3.63, 3.8) is 0 Å². The van der Waals surface area contributed by atoms with Crippen molar-refractivity contribution in [3.8, 4) is 12.3 Å². The summed E-state index contributed by atoms with van der Waals surface area (Å²) in [4.78, 5) is 11.1. The maximum atomic E-state index is 11.1. The van der Waals surface area contributed by atoms with Crippen molar-refractivity contribution < 1.29 is 4.79 Å². The van der Waals surface area contributed by atoms with E-state index in [-0.39, 0.29) is 5.91 Å². The van der Waals surface area contributed by atoms with Gasteiger partial charge in [0.25, 0.3) is 0 Å². The first-order chi connectivity index (χ1) is 5.70. The molecule has 0 saturated heterocycles. The van der Waals surface area contributed by atoms with E-state index in [1.807, 2.05) is 0 Å². The highest BCUT2D eigenvalue weighted by molar-refractivity contribution is 5.76. The molecule has 2 heteroatoms. The lowest BCUT2D eigenvalue weighted by molar-refractivity contribution is -0.121. The first-order valence-corrected chi connectivity index (χ1v) is 4.40. The van der Waals surface area contributed by atoms with Crippen LogP contribution in [0.4, 0.5) is 0 Å². The van der Waals surface area contributed by atoms with Crippen LogP contribution in [0, 0.1) is 18.3 Å². The molecule has 0 heterocycles. The van der Waals surface area contributed by atoms with E-state index < -0.39 is 0 Å². The van der Waals surface area contributed by atoms with Crippen LogP contribution in [0.1, 0.15) is 33.1 Å². The predicted octanol–water partition coefficient (Wildman–Crippen LogP) is 1.56. The van der Waals surface area contributed by atoms with Gasteiger partial charge in [-0.05, 0) is 5.92 Å². The molecule has 0 aromatic rings. The fraction of sp³-hybridized carbons (Fsp3) is 0.700. The second kappa shape index (κ2) is 6.72. The zero-order valence-electron chi connectivity index (χ0n) is 7.89. The Morgan fingerprint density at radius 3 is 2.83 bits per heavy atom. The van der Waals surface area contributed by atoms with E-state index >= 15 is 0 Å². The average Bonchev–Trinajstić information content (AvgIpc) is 2.05. The van der Waals surface area contributed by atoms with Crippen LogP contribution in [0.3, 0.4) is 0 Å². The second-order valence-electron chi connectivity index (χ2n) is 3.02. The van der Waals surface area contributed by atoms with Gasteiger partial charge in [0.05, 0.1) is 0 Å². The Labute approximate surface area is 74.7 Å². The Bertz CT molecular complexity index is 169. The fourth-order valence-corrected chi connectivity index (χ4v) is 0.807. The Morgan fingerprint density at radius 2 is 2.33 bits per heavy atom. The minimum Gasteiger partial charge on any atom is -0.355 e. The summed E-state index contributed by atoms with van der Waals surface area (Å²) < 4.78 is 0. The summed E-state index contributed by atoms with van der Waals surface area (Å²) in [6.45, 7) is 4.76. The van der Waals surface area contributed by atoms with Gasteiger partial charge in [-0.2, -0.15) is 0 Å². The monoisotopic (exact) mass is 167 g/mol. The predicted molar refractivity (Wildman–Crippen MR) is 50.5 cm³/mol. The van der Waals surface area contributed by atoms with Gasteiger partial charge >= 0.3 is 0 Å². The van der Waals surface area contributed by atoms with E-state index in [1.54, 1.807) is 0 Å². The topological polar surface area (TPSA) is 29.1 Å². The van der Waals surface area contributed by atoms with Crippen molar-refractivity contribution in [2.24, 2.45) is 5.92 Å². The molecular formula is C10H17NO. The maximum Gasteiger partial charge on any atom is 0.220 e. The molecule has 0 bridgehead atoms. The molecule has 0 radical (unpaired) electrons. The van der Waals surface area contributed by atoms with E-state index in [1.165, 1.54) is 0 Å². The summed E-state index contributed by atoms with van der Waals surface area (Å²) >= 11 is 0. The molecule has 0 spiro atoms. The van der Waals surface area contributed by atoms with Crippen LogP contribution >= 0.6 is 0 Å². The summed E-state index contributed by atoms with van der Waals surface area (Å²) in [5.41, 5.74) is 0. The summed E-state index contributed by atoms with van der Waals surface area (Å²) in [7, 11) is 0. The highest BCUT2D eigenvalue weighted by Gasteiger charge is 2.05. The standard InChI is InChI=1S/C10H17NO/c1-4-6-7-11-10(12)8-9(3)5-2/h1,9H,5-8H2,2-3H3,(H,11,12). The van der Waals surface area contributed by atoms with Crippen molar-refractivity contribution in [1.82, 2.24) is 5.32 Å². The molecule has 0 aromatic heterocycles. The molecule has 0 saturated carbocycles. The molecule has 0 aliphatic rings. The largest absolute Gasteiger partial charge is 0.355 e. The molecule has 1 atom stereocenters. The van der Waals surface area contributed by atoms with Crippen molar-refractivity contribution in [1.29, 1.82) is 0 Å². The summed E-state index contributed by atoms with van der Waals surface area (Å²) in [6.07, 6.45) is 7.31. The van der Waals surface area contributed by atoms with E-state index in [9.17, 15) is 4.79 Å². The fourth-order valence-electron chi connectivity index (χ4n) is 0.807. The SMILES string of the molecule is C#CCCNC(=O)CC(C)CC. The number of terminal acetylenes is 1. The molecule has 0 aromatic carbocycles. The molecule has 2 nitrogen and oxygen atoms in total. The zero-order chi connectivity index (χ0) is 9.40. The van der Waals surface area contributed by atoms with Gasteiger partial charge < -0.3 is 5.32 Å². The zero-order valence-corrected chi connectivity index (χ0v) is 7.89. The van der Waals surface area contributed by atoms with Gasteiger partial charge in [0.2, 0.25) is 5.91 Å². The van der Waals surface area contributed by atoms with Crippen LogP contribution in [0.2, 0.25) is 0 Å². The van der Waals surface area contributed by atoms with Crippen molar-refractivity contribution in [2.45, 2.75) is 33.1 Å². The molecule has 1 amide bonds. The minimum atomic E-state index is 0.111. The number of rotatable bonds is 5. The van der Waals surface area contributed by atoms with Crippen LogP contribution in [0.15, 0.2) is 0 Å². The third kappa shape index (κ3) is 5.79. The Morgan fingerprint density at radius 1 is 1.67 bits per heavy atom. The van der Waals surface area contributed by atoms with Gasteiger partial charge in [-0.1, -0.05) is 20.3 Å². The van der Waals surface area contributed by atoms with Crippen LogP contribution in [0.5, 0.6) is 0 Å². The first-order valence-electron chi connectivity index (χ1n) is 4.40. The third-order valence-corrected chi connectivity index (χ3v) is 1.82. The minimum absolute atomic E-state index is 0.111. The van der Waals surface area contributed by atoms with Gasteiger partial charge in [-0.15, -0.1) is 12.3 Å². The van der Waals surface area contributed by atoms with Crippen LogP contribution in [0.25, 0.3) is 0 Å².